The highest BCUT2D eigenvalue weighted by Gasteiger charge is 2.07. The Morgan fingerprint density at radius 3 is 2.76 bits per heavy atom. The van der Waals surface area contributed by atoms with E-state index >= 15 is 0 Å². The number of amides is 1. The van der Waals surface area contributed by atoms with Crippen LogP contribution in [0.3, 0.4) is 0 Å². The number of nitrogens with zero attached hydrogens (tertiary/aromatic N) is 1. The molecule has 124 valence electrons. The molecule has 1 N–H and O–H groups in total. The molecule has 1 amide bonds. The number of carbonyl (C=O) groups excluding carboxylic acids is 1. The normalized spacial score (nSPS) is 10.2. The summed E-state index contributed by atoms with van der Waals surface area (Å²) in [5.74, 6) is 0.00486. The standard InChI is InChI=1S/C18H11ClN2O4/c19-15-7-13(4-1-12(15)9-20)21-17(22)10-24-14-5-2-11-3-6-18(23)25-16(11)8-14/h1-8H,10H2,(H,21,22). The molecular weight excluding hydrogens is 344 g/mol. The lowest BCUT2D eigenvalue weighted by Crippen LogP contribution is -2.20. The number of hydrogen-bond acceptors (Lipinski definition) is 5. The second-order valence-electron chi connectivity index (χ2n) is 5.10. The first-order valence-corrected chi connectivity index (χ1v) is 7.59. The van der Waals surface area contributed by atoms with E-state index in [0.29, 0.717) is 22.6 Å². The van der Waals surface area contributed by atoms with Crippen molar-refractivity contribution in [3.8, 4) is 11.8 Å². The van der Waals surface area contributed by atoms with Gasteiger partial charge in [-0.1, -0.05) is 11.6 Å². The van der Waals surface area contributed by atoms with E-state index in [1.165, 1.54) is 18.2 Å². The first kappa shape index (κ1) is 16.6. The van der Waals surface area contributed by atoms with Crippen LogP contribution in [0.1, 0.15) is 5.56 Å². The topological polar surface area (TPSA) is 92.3 Å². The zero-order valence-electron chi connectivity index (χ0n) is 12.8. The molecule has 6 nitrogen and oxygen atoms in total. The van der Waals surface area contributed by atoms with Crippen LogP contribution in [0, 0.1) is 11.3 Å². The number of nitrogens with one attached hydrogen (secondary N) is 1. The van der Waals surface area contributed by atoms with Gasteiger partial charge in [0.05, 0.1) is 10.6 Å². The molecule has 1 heterocycles. The van der Waals surface area contributed by atoms with Crippen LogP contribution in [0.2, 0.25) is 5.02 Å². The van der Waals surface area contributed by atoms with E-state index in [9.17, 15) is 9.59 Å². The second kappa shape index (κ2) is 7.07. The lowest BCUT2D eigenvalue weighted by molar-refractivity contribution is -0.118. The second-order valence-corrected chi connectivity index (χ2v) is 5.50. The van der Waals surface area contributed by atoms with E-state index in [4.69, 9.17) is 26.0 Å². The summed E-state index contributed by atoms with van der Waals surface area (Å²) in [5, 5.41) is 12.5. The average molecular weight is 355 g/mol. The molecule has 0 saturated heterocycles. The molecule has 0 radical (unpaired) electrons. The zero-order valence-corrected chi connectivity index (χ0v) is 13.5. The van der Waals surface area contributed by atoms with Crippen LogP contribution in [0.5, 0.6) is 5.75 Å². The van der Waals surface area contributed by atoms with Gasteiger partial charge in [-0.25, -0.2) is 4.79 Å². The van der Waals surface area contributed by atoms with Crippen molar-refractivity contribution in [1.82, 2.24) is 0 Å². The van der Waals surface area contributed by atoms with Crippen LogP contribution in [0.4, 0.5) is 5.69 Å². The largest absolute Gasteiger partial charge is 0.484 e. The Kier molecular flexibility index (Phi) is 4.68. The van der Waals surface area contributed by atoms with Gasteiger partial charge in [-0.05, 0) is 36.4 Å². The minimum atomic E-state index is -0.458. The summed E-state index contributed by atoms with van der Waals surface area (Å²) >= 11 is 5.91. The molecular formula is C18H11ClN2O4. The molecule has 0 spiro atoms. The average Bonchev–Trinajstić information content (AvgIpc) is 2.59. The van der Waals surface area contributed by atoms with Crippen molar-refractivity contribution in [1.29, 1.82) is 5.26 Å². The van der Waals surface area contributed by atoms with Gasteiger partial charge in [0.25, 0.3) is 5.91 Å². The lowest BCUT2D eigenvalue weighted by Gasteiger charge is -2.08. The molecule has 0 unspecified atom stereocenters. The Morgan fingerprint density at radius 2 is 2.00 bits per heavy atom. The van der Waals surface area contributed by atoms with Crippen LogP contribution >= 0.6 is 11.6 Å². The van der Waals surface area contributed by atoms with E-state index in [-0.39, 0.29) is 11.6 Å². The van der Waals surface area contributed by atoms with Gasteiger partial charge in [0.1, 0.15) is 17.4 Å². The smallest absolute Gasteiger partial charge is 0.336 e. The van der Waals surface area contributed by atoms with E-state index in [2.05, 4.69) is 5.32 Å². The Hall–Kier alpha value is -3.30. The van der Waals surface area contributed by atoms with Gasteiger partial charge < -0.3 is 14.5 Å². The highest BCUT2D eigenvalue weighted by atomic mass is 35.5. The minimum Gasteiger partial charge on any atom is -0.484 e. The predicted octanol–water partition coefficient (Wildman–Crippen LogP) is 3.34. The fourth-order valence-corrected chi connectivity index (χ4v) is 2.38. The molecule has 0 aliphatic carbocycles. The molecule has 1 aromatic heterocycles. The van der Waals surface area contributed by atoms with Gasteiger partial charge in [0.2, 0.25) is 0 Å². The van der Waals surface area contributed by atoms with E-state index < -0.39 is 11.5 Å². The maximum atomic E-state index is 12.0. The minimum absolute atomic E-state index is 0.236. The van der Waals surface area contributed by atoms with Gasteiger partial charge >= 0.3 is 5.63 Å². The summed E-state index contributed by atoms with van der Waals surface area (Å²) in [7, 11) is 0. The van der Waals surface area contributed by atoms with Crippen LogP contribution < -0.4 is 15.7 Å². The molecule has 0 aliphatic heterocycles. The fourth-order valence-electron chi connectivity index (χ4n) is 2.16. The summed E-state index contributed by atoms with van der Waals surface area (Å²) in [5.41, 5.74) is 0.708. The molecule has 0 fully saturated rings. The fraction of sp³-hybridized carbons (Fsp3) is 0.0556. The van der Waals surface area contributed by atoms with E-state index in [0.717, 1.165) is 5.39 Å². The summed E-state index contributed by atoms with van der Waals surface area (Å²) in [4.78, 5) is 23.2. The number of ether oxygens (including phenoxy) is 1. The van der Waals surface area contributed by atoms with Crippen LogP contribution in [-0.2, 0) is 4.79 Å². The number of hydrogen-bond donors (Lipinski definition) is 1. The van der Waals surface area contributed by atoms with Gasteiger partial charge in [-0.2, -0.15) is 5.26 Å². The molecule has 7 heteroatoms. The third kappa shape index (κ3) is 3.97. The van der Waals surface area contributed by atoms with Gasteiger partial charge in [0, 0.05) is 23.2 Å². The van der Waals surface area contributed by atoms with Crippen molar-refractivity contribution in [2.45, 2.75) is 0 Å². The van der Waals surface area contributed by atoms with Crippen molar-refractivity contribution in [3.63, 3.8) is 0 Å². The van der Waals surface area contributed by atoms with Crippen LogP contribution in [0.25, 0.3) is 11.0 Å². The van der Waals surface area contributed by atoms with Crippen LogP contribution in [-0.4, -0.2) is 12.5 Å². The maximum absolute atomic E-state index is 12.0. The summed E-state index contributed by atoms with van der Waals surface area (Å²) in [6.07, 6.45) is 0. The van der Waals surface area contributed by atoms with Crippen molar-refractivity contribution in [2.24, 2.45) is 0 Å². The van der Waals surface area contributed by atoms with E-state index in [1.807, 2.05) is 6.07 Å². The van der Waals surface area contributed by atoms with E-state index in [1.54, 1.807) is 30.3 Å². The first-order chi connectivity index (χ1) is 12.0. The Balaban J connectivity index is 1.65. The number of halogens is 1. The quantitative estimate of drug-likeness (QED) is 0.725. The third-order valence-electron chi connectivity index (χ3n) is 3.34. The lowest BCUT2D eigenvalue weighted by atomic mass is 10.2. The number of fused-ring (bicyclic) bond motifs is 1. The number of rotatable bonds is 4. The molecule has 0 saturated carbocycles. The van der Waals surface area contributed by atoms with Crippen molar-refractivity contribution < 1.29 is 13.9 Å². The van der Waals surface area contributed by atoms with Crippen molar-refractivity contribution in [2.75, 3.05) is 11.9 Å². The molecule has 25 heavy (non-hydrogen) atoms. The number of anilines is 1. The maximum Gasteiger partial charge on any atom is 0.336 e. The number of nitriles is 1. The summed E-state index contributed by atoms with van der Waals surface area (Å²) in [6.45, 7) is -0.236. The van der Waals surface area contributed by atoms with Gasteiger partial charge in [0.15, 0.2) is 6.61 Å². The molecule has 2 aromatic carbocycles. The van der Waals surface area contributed by atoms with Crippen LogP contribution in [0.15, 0.2) is 57.7 Å². The Morgan fingerprint density at radius 1 is 1.20 bits per heavy atom. The predicted molar refractivity (Wildman–Crippen MR) is 92.8 cm³/mol. The van der Waals surface area contributed by atoms with Gasteiger partial charge in [-0.15, -0.1) is 0 Å². The van der Waals surface area contributed by atoms with Crippen molar-refractivity contribution >= 4 is 34.2 Å². The van der Waals surface area contributed by atoms with Gasteiger partial charge in [-0.3, -0.25) is 4.79 Å². The molecule has 3 rings (SSSR count). The third-order valence-corrected chi connectivity index (χ3v) is 3.65. The molecule has 0 bridgehead atoms. The monoisotopic (exact) mass is 354 g/mol. The van der Waals surface area contributed by atoms with Crippen molar-refractivity contribution in [3.05, 3.63) is 69.5 Å². The Labute approximate surface area is 147 Å². The summed E-state index contributed by atoms with van der Waals surface area (Å²) in [6, 6.07) is 14.4. The highest BCUT2D eigenvalue weighted by molar-refractivity contribution is 6.32. The molecule has 3 aromatic rings. The molecule has 0 atom stereocenters. The zero-order chi connectivity index (χ0) is 17.8. The number of benzene rings is 2. The number of carbonyl (C=O) groups is 1. The Bertz CT molecular complexity index is 1050. The SMILES string of the molecule is N#Cc1ccc(NC(=O)COc2ccc3ccc(=O)oc3c2)cc1Cl. The molecule has 0 aliphatic rings. The first-order valence-electron chi connectivity index (χ1n) is 7.21. The summed E-state index contributed by atoms with van der Waals surface area (Å²) < 4.78 is 10.5. The highest BCUT2D eigenvalue weighted by Crippen LogP contribution is 2.21.